The van der Waals surface area contributed by atoms with Crippen LogP contribution in [0.15, 0.2) is 47.3 Å². The first-order valence-electron chi connectivity index (χ1n) is 13.7. The van der Waals surface area contributed by atoms with Crippen LogP contribution in [0.2, 0.25) is 0 Å². The zero-order valence-electron chi connectivity index (χ0n) is 22.0. The van der Waals surface area contributed by atoms with E-state index in [4.69, 9.17) is 14.9 Å². The van der Waals surface area contributed by atoms with Gasteiger partial charge in [-0.05, 0) is 50.2 Å². The van der Waals surface area contributed by atoms with Crippen LogP contribution in [0.1, 0.15) is 12.8 Å². The van der Waals surface area contributed by atoms with Gasteiger partial charge in [0.25, 0.3) is 0 Å². The average molecular weight is 547 g/mol. The first kappa shape index (κ1) is 24.8. The van der Waals surface area contributed by atoms with Crippen LogP contribution in [0.4, 0.5) is 16.0 Å². The SMILES string of the molecule is Nc1nc2c(ncn2CCN2CCN(c3ccc(OC4CCNCC4)cc3F)CC2)c2nc(-c3ccco3)nn12. The number of nitrogens with zero attached hydrogens (tertiary/aromatic N) is 8. The number of piperidine rings is 1. The lowest BCUT2D eigenvalue weighted by Gasteiger charge is -2.36. The molecule has 2 aliphatic rings. The Kier molecular flexibility index (Phi) is 6.44. The van der Waals surface area contributed by atoms with Crippen LogP contribution >= 0.6 is 0 Å². The third-order valence-electron chi connectivity index (χ3n) is 7.69. The van der Waals surface area contributed by atoms with Gasteiger partial charge in [0.2, 0.25) is 11.8 Å². The number of nitrogens with one attached hydrogen (secondary N) is 1. The van der Waals surface area contributed by atoms with Gasteiger partial charge in [-0.15, -0.1) is 5.10 Å². The van der Waals surface area contributed by atoms with Gasteiger partial charge in [-0.2, -0.15) is 9.50 Å². The summed E-state index contributed by atoms with van der Waals surface area (Å²) >= 11 is 0. The number of imidazole rings is 1. The molecule has 6 heterocycles. The molecule has 0 radical (unpaired) electrons. The fourth-order valence-corrected chi connectivity index (χ4v) is 5.49. The van der Waals surface area contributed by atoms with Crippen molar-refractivity contribution in [3.63, 3.8) is 0 Å². The molecular formula is C27H31FN10O2. The Hall–Kier alpha value is -4.23. The third-order valence-corrected chi connectivity index (χ3v) is 7.69. The van der Waals surface area contributed by atoms with Crippen molar-refractivity contribution in [1.29, 1.82) is 0 Å². The van der Waals surface area contributed by atoms with Crippen molar-refractivity contribution >= 4 is 28.4 Å². The van der Waals surface area contributed by atoms with Crippen LogP contribution in [0, 0.1) is 5.82 Å². The molecule has 3 N–H and O–H groups in total. The Morgan fingerprint density at radius 1 is 1.05 bits per heavy atom. The van der Waals surface area contributed by atoms with E-state index in [0.29, 0.717) is 46.4 Å². The smallest absolute Gasteiger partial charge is 0.225 e. The largest absolute Gasteiger partial charge is 0.490 e. The predicted octanol–water partition coefficient (Wildman–Crippen LogP) is 2.41. The number of rotatable bonds is 7. The minimum absolute atomic E-state index is 0.149. The summed E-state index contributed by atoms with van der Waals surface area (Å²) in [6.07, 6.45) is 5.38. The number of fused-ring (bicyclic) bond motifs is 3. The number of hydrogen-bond donors (Lipinski definition) is 2. The number of benzene rings is 1. The quantitative estimate of drug-likeness (QED) is 0.314. The van der Waals surface area contributed by atoms with Crippen LogP contribution in [0.5, 0.6) is 5.75 Å². The Labute approximate surface area is 229 Å². The summed E-state index contributed by atoms with van der Waals surface area (Å²) in [4.78, 5) is 18.2. The maximum Gasteiger partial charge on any atom is 0.225 e. The fraction of sp³-hybridized carbons (Fsp3) is 0.407. The normalized spacial score (nSPS) is 17.3. The number of nitrogen functional groups attached to an aromatic ring is 1. The number of aromatic nitrogens is 6. The predicted molar refractivity (Wildman–Crippen MR) is 148 cm³/mol. The summed E-state index contributed by atoms with van der Waals surface area (Å²) in [6, 6.07) is 8.83. The summed E-state index contributed by atoms with van der Waals surface area (Å²) in [5, 5.41) is 7.75. The van der Waals surface area contributed by atoms with Gasteiger partial charge in [0.05, 0.1) is 18.3 Å². The lowest BCUT2D eigenvalue weighted by Crippen LogP contribution is -2.47. The van der Waals surface area contributed by atoms with Gasteiger partial charge in [0.15, 0.2) is 22.6 Å². The molecule has 5 aromatic rings. The molecule has 2 fully saturated rings. The lowest BCUT2D eigenvalue weighted by atomic mass is 10.1. The summed E-state index contributed by atoms with van der Waals surface area (Å²) in [5.74, 6) is 1.59. The molecule has 12 nitrogen and oxygen atoms in total. The molecule has 40 heavy (non-hydrogen) atoms. The number of nitrogens with two attached hydrogens (primary N) is 1. The van der Waals surface area contributed by atoms with Gasteiger partial charge in [-0.3, -0.25) is 4.90 Å². The highest BCUT2D eigenvalue weighted by molar-refractivity contribution is 5.87. The summed E-state index contributed by atoms with van der Waals surface area (Å²) in [5.41, 5.74) is 8.68. The Balaban J connectivity index is 0.984. The number of ether oxygens (including phenoxy) is 1. The van der Waals surface area contributed by atoms with Crippen LogP contribution < -0.4 is 20.7 Å². The van der Waals surface area contributed by atoms with Crippen LogP contribution in [0.25, 0.3) is 28.4 Å². The number of hydrogen-bond acceptors (Lipinski definition) is 10. The zero-order valence-corrected chi connectivity index (χ0v) is 22.0. The van der Waals surface area contributed by atoms with E-state index in [2.05, 4.69) is 35.2 Å². The molecule has 1 aromatic carbocycles. The van der Waals surface area contributed by atoms with E-state index in [1.807, 2.05) is 16.7 Å². The average Bonchev–Trinajstić information content (AvgIpc) is 3.73. The highest BCUT2D eigenvalue weighted by atomic mass is 19.1. The van der Waals surface area contributed by atoms with Crippen molar-refractivity contribution in [3.05, 3.63) is 48.7 Å². The van der Waals surface area contributed by atoms with E-state index < -0.39 is 0 Å². The van der Waals surface area contributed by atoms with Crippen molar-refractivity contribution in [2.24, 2.45) is 0 Å². The molecule has 2 saturated heterocycles. The van der Waals surface area contributed by atoms with E-state index in [1.165, 1.54) is 10.6 Å². The van der Waals surface area contributed by atoms with E-state index in [1.54, 1.807) is 24.7 Å². The number of piperazine rings is 1. The number of halogens is 1. The molecule has 0 bridgehead atoms. The zero-order chi connectivity index (χ0) is 27.1. The molecule has 0 spiro atoms. The molecule has 13 heteroatoms. The van der Waals surface area contributed by atoms with Gasteiger partial charge in [-0.25, -0.2) is 14.4 Å². The van der Waals surface area contributed by atoms with Crippen LogP contribution in [-0.2, 0) is 6.54 Å². The molecule has 208 valence electrons. The lowest BCUT2D eigenvalue weighted by molar-refractivity contribution is 0.162. The van der Waals surface area contributed by atoms with Gasteiger partial charge < -0.3 is 29.7 Å². The van der Waals surface area contributed by atoms with Gasteiger partial charge >= 0.3 is 0 Å². The van der Waals surface area contributed by atoms with E-state index in [0.717, 1.165) is 58.7 Å². The molecule has 0 unspecified atom stereocenters. The molecule has 0 saturated carbocycles. The minimum Gasteiger partial charge on any atom is -0.490 e. The summed E-state index contributed by atoms with van der Waals surface area (Å²) in [6.45, 7) is 6.53. The second-order valence-corrected chi connectivity index (χ2v) is 10.2. The molecular weight excluding hydrogens is 515 g/mol. The van der Waals surface area contributed by atoms with Crippen LogP contribution in [-0.4, -0.2) is 86.0 Å². The fourth-order valence-electron chi connectivity index (χ4n) is 5.49. The van der Waals surface area contributed by atoms with Crippen molar-refractivity contribution in [3.8, 4) is 17.3 Å². The standard InChI is InChI=1S/C27H31FN10O2/c28-20-16-19(40-18-5-7-30-8-6-18)3-4-21(20)36-12-9-35(10-13-36)11-14-37-17-31-23-25(37)33-27(29)38-26(23)32-24(34-38)22-2-1-15-39-22/h1-4,15-18,30H,5-14H2,(H2,29,33). The van der Waals surface area contributed by atoms with Crippen molar-refractivity contribution in [2.45, 2.75) is 25.5 Å². The Morgan fingerprint density at radius 2 is 1.90 bits per heavy atom. The molecule has 4 aromatic heterocycles. The van der Waals surface area contributed by atoms with Gasteiger partial charge in [0.1, 0.15) is 17.7 Å². The van der Waals surface area contributed by atoms with E-state index in [9.17, 15) is 0 Å². The van der Waals surface area contributed by atoms with Crippen molar-refractivity contribution < 1.29 is 13.5 Å². The van der Waals surface area contributed by atoms with E-state index >= 15 is 4.39 Å². The second-order valence-electron chi connectivity index (χ2n) is 10.2. The topological polar surface area (TPSA) is 128 Å². The third kappa shape index (κ3) is 4.71. The van der Waals surface area contributed by atoms with Crippen molar-refractivity contribution in [2.75, 3.05) is 56.4 Å². The molecule has 2 aliphatic heterocycles. The highest BCUT2D eigenvalue weighted by Crippen LogP contribution is 2.27. The van der Waals surface area contributed by atoms with Gasteiger partial charge in [-0.1, -0.05) is 0 Å². The Bertz CT molecular complexity index is 1620. The molecule has 0 atom stereocenters. The second kappa shape index (κ2) is 10.4. The van der Waals surface area contributed by atoms with Crippen molar-refractivity contribution in [1.82, 2.24) is 39.3 Å². The van der Waals surface area contributed by atoms with E-state index in [-0.39, 0.29) is 17.9 Å². The molecule has 0 amide bonds. The van der Waals surface area contributed by atoms with Gasteiger partial charge in [0, 0.05) is 45.3 Å². The first-order valence-corrected chi connectivity index (χ1v) is 13.7. The minimum atomic E-state index is -0.233. The number of anilines is 2. The maximum absolute atomic E-state index is 15.0. The molecule has 7 rings (SSSR count). The first-order chi connectivity index (χ1) is 19.6. The monoisotopic (exact) mass is 546 g/mol. The maximum atomic E-state index is 15.0. The Morgan fingerprint density at radius 3 is 2.67 bits per heavy atom. The summed E-state index contributed by atoms with van der Waals surface area (Å²) < 4.78 is 29.9. The number of furan rings is 1. The highest BCUT2D eigenvalue weighted by Gasteiger charge is 2.22. The van der Waals surface area contributed by atoms with Crippen LogP contribution in [0.3, 0.4) is 0 Å². The summed E-state index contributed by atoms with van der Waals surface area (Å²) in [7, 11) is 0. The molecule has 0 aliphatic carbocycles.